The molecule has 3 rings (SSSR count). The zero-order valence-corrected chi connectivity index (χ0v) is 18.6. The van der Waals surface area contributed by atoms with E-state index in [1.165, 1.54) is 0 Å². The van der Waals surface area contributed by atoms with Gasteiger partial charge in [-0.3, -0.25) is 0 Å². The molecule has 0 aliphatic heterocycles. The molecule has 1 aliphatic carbocycles. The van der Waals surface area contributed by atoms with Gasteiger partial charge >= 0.3 is 12.1 Å². The predicted octanol–water partition coefficient (Wildman–Crippen LogP) is 4.45. The lowest BCUT2D eigenvalue weighted by Gasteiger charge is -2.29. The van der Waals surface area contributed by atoms with Crippen molar-refractivity contribution in [2.24, 2.45) is 11.8 Å². The van der Waals surface area contributed by atoms with Crippen LogP contribution in [0.25, 0.3) is 0 Å². The van der Waals surface area contributed by atoms with E-state index in [0.717, 1.165) is 48.6 Å². The monoisotopic (exact) mass is 440 g/mol. The fourth-order valence-electron chi connectivity index (χ4n) is 3.95. The lowest BCUT2D eigenvalue weighted by Crippen LogP contribution is -2.38. The van der Waals surface area contributed by atoms with Gasteiger partial charge < -0.3 is 30.7 Å². The molecule has 2 atom stereocenters. The molecule has 0 saturated heterocycles. The van der Waals surface area contributed by atoms with E-state index >= 15 is 0 Å². The number of amides is 4. The number of hydrogen-bond acceptors (Lipinski definition) is 4. The highest BCUT2D eigenvalue weighted by Gasteiger charge is 2.23. The van der Waals surface area contributed by atoms with Crippen LogP contribution in [0.1, 0.15) is 25.7 Å². The van der Waals surface area contributed by atoms with E-state index in [1.54, 1.807) is 62.8 Å². The molecule has 0 spiro atoms. The standard InChI is InChI=1S/C24H32N4O4/c1-31-21-10-6-19(7-11-21)27-23(29)25-15-17-4-3-5-18(14-17)16-26-24(30)28-20-8-12-22(32-2)13-9-20/h6-13,17-18H,3-5,14-16H2,1-2H3,(H2,25,27,29)(H2,26,28,30)/t17-,18+. The van der Waals surface area contributed by atoms with Gasteiger partial charge in [-0.25, -0.2) is 9.59 Å². The first kappa shape index (κ1) is 23.2. The number of anilines is 2. The molecule has 8 nitrogen and oxygen atoms in total. The molecule has 4 N–H and O–H groups in total. The smallest absolute Gasteiger partial charge is 0.319 e. The van der Waals surface area contributed by atoms with Gasteiger partial charge in [0.25, 0.3) is 0 Å². The van der Waals surface area contributed by atoms with Crippen molar-refractivity contribution in [3.05, 3.63) is 48.5 Å². The molecule has 0 heterocycles. The van der Waals surface area contributed by atoms with Gasteiger partial charge in [0, 0.05) is 24.5 Å². The van der Waals surface area contributed by atoms with Crippen molar-refractivity contribution in [1.29, 1.82) is 0 Å². The minimum atomic E-state index is -0.214. The summed E-state index contributed by atoms with van der Waals surface area (Å²) in [6, 6.07) is 14.0. The molecule has 1 saturated carbocycles. The molecule has 0 radical (unpaired) electrons. The number of carbonyl (C=O) groups excluding carboxylic acids is 2. The number of carbonyl (C=O) groups is 2. The zero-order chi connectivity index (χ0) is 22.8. The fraction of sp³-hybridized carbons (Fsp3) is 0.417. The average Bonchev–Trinajstić information content (AvgIpc) is 2.83. The number of methoxy groups -OCH3 is 2. The molecule has 0 bridgehead atoms. The summed E-state index contributed by atoms with van der Waals surface area (Å²) in [6.45, 7) is 1.24. The van der Waals surface area contributed by atoms with Gasteiger partial charge in [0.1, 0.15) is 11.5 Å². The Balaban J connectivity index is 1.35. The summed E-state index contributed by atoms with van der Waals surface area (Å²) in [5.74, 6) is 2.30. The maximum absolute atomic E-state index is 12.2. The second kappa shape index (κ2) is 11.8. The van der Waals surface area contributed by atoms with Crippen molar-refractivity contribution in [3.8, 4) is 11.5 Å². The highest BCUT2D eigenvalue weighted by atomic mass is 16.5. The van der Waals surface area contributed by atoms with E-state index in [1.807, 2.05) is 0 Å². The third kappa shape index (κ3) is 7.37. The van der Waals surface area contributed by atoms with Crippen LogP contribution in [0.3, 0.4) is 0 Å². The second-order valence-electron chi connectivity index (χ2n) is 8.03. The lowest BCUT2D eigenvalue weighted by molar-refractivity contribution is 0.230. The first-order valence-electron chi connectivity index (χ1n) is 10.9. The molecular formula is C24H32N4O4. The van der Waals surface area contributed by atoms with Crippen molar-refractivity contribution in [2.45, 2.75) is 25.7 Å². The van der Waals surface area contributed by atoms with Crippen molar-refractivity contribution in [1.82, 2.24) is 10.6 Å². The first-order valence-corrected chi connectivity index (χ1v) is 10.9. The average molecular weight is 441 g/mol. The zero-order valence-electron chi connectivity index (χ0n) is 18.6. The SMILES string of the molecule is COc1ccc(NC(=O)NC[C@H]2CCC[C@@H](CNC(=O)Nc3ccc(OC)cc3)C2)cc1. The molecule has 32 heavy (non-hydrogen) atoms. The molecule has 2 aromatic rings. The summed E-state index contributed by atoms with van der Waals surface area (Å²) in [5.41, 5.74) is 1.44. The topological polar surface area (TPSA) is 101 Å². The number of urea groups is 2. The van der Waals surface area contributed by atoms with Crippen LogP contribution in [0.2, 0.25) is 0 Å². The molecule has 172 valence electrons. The molecule has 0 unspecified atom stereocenters. The van der Waals surface area contributed by atoms with E-state index < -0.39 is 0 Å². The largest absolute Gasteiger partial charge is 0.497 e. The van der Waals surface area contributed by atoms with E-state index in [2.05, 4.69) is 21.3 Å². The van der Waals surface area contributed by atoms with Crippen LogP contribution in [-0.4, -0.2) is 39.4 Å². The van der Waals surface area contributed by atoms with E-state index in [4.69, 9.17) is 9.47 Å². The van der Waals surface area contributed by atoms with Gasteiger partial charge in [-0.15, -0.1) is 0 Å². The molecule has 1 fully saturated rings. The molecule has 2 aromatic carbocycles. The number of hydrogen-bond donors (Lipinski definition) is 4. The van der Waals surface area contributed by atoms with Crippen molar-refractivity contribution in [3.63, 3.8) is 0 Å². The Hall–Kier alpha value is -3.42. The quantitative estimate of drug-likeness (QED) is 0.487. The van der Waals surface area contributed by atoms with Crippen molar-refractivity contribution < 1.29 is 19.1 Å². The Morgan fingerprint density at radius 1 is 0.750 bits per heavy atom. The van der Waals surface area contributed by atoms with Crippen molar-refractivity contribution >= 4 is 23.4 Å². The van der Waals surface area contributed by atoms with Crippen LogP contribution in [0.4, 0.5) is 21.0 Å². The highest BCUT2D eigenvalue weighted by molar-refractivity contribution is 5.89. The summed E-state index contributed by atoms with van der Waals surface area (Å²) < 4.78 is 10.2. The van der Waals surface area contributed by atoms with Crippen LogP contribution in [0, 0.1) is 11.8 Å². The Kier molecular flexibility index (Phi) is 8.60. The first-order chi connectivity index (χ1) is 15.6. The van der Waals surface area contributed by atoms with Gasteiger partial charge in [-0.2, -0.15) is 0 Å². The Bertz CT molecular complexity index is 799. The second-order valence-corrected chi connectivity index (χ2v) is 8.03. The van der Waals surface area contributed by atoms with E-state index in [-0.39, 0.29) is 12.1 Å². The minimum Gasteiger partial charge on any atom is -0.497 e. The maximum atomic E-state index is 12.2. The molecular weight excluding hydrogens is 408 g/mol. The predicted molar refractivity (Wildman–Crippen MR) is 125 cm³/mol. The molecule has 4 amide bonds. The van der Waals surface area contributed by atoms with E-state index in [9.17, 15) is 9.59 Å². The van der Waals surface area contributed by atoms with Crippen molar-refractivity contribution in [2.75, 3.05) is 37.9 Å². The van der Waals surface area contributed by atoms with Gasteiger partial charge in [0.2, 0.25) is 0 Å². The number of rotatable bonds is 8. The van der Waals surface area contributed by atoms with Crippen LogP contribution < -0.4 is 30.7 Å². The van der Waals surface area contributed by atoms with Crippen LogP contribution in [-0.2, 0) is 0 Å². The molecule has 8 heteroatoms. The third-order valence-electron chi connectivity index (χ3n) is 5.69. The van der Waals surface area contributed by atoms with Crippen LogP contribution in [0.15, 0.2) is 48.5 Å². The van der Waals surface area contributed by atoms with Crippen LogP contribution >= 0.6 is 0 Å². The Morgan fingerprint density at radius 3 is 1.53 bits per heavy atom. The summed E-state index contributed by atoms with van der Waals surface area (Å²) in [6.07, 6.45) is 4.24. The molecule has 1 aliphatic rings. The Morgan fingerprint density at radius 2 is 1.16 bits per heavy atom. The normalized spacial score (nSPS) is 17.7. The summed E-state index contributed by atoms with van der Waals surface area (Å²) in [4.78, 5) is 24.4. The maximum Gasteiger partial charge on any atom is 0.319 e. The third-order valence-corrected chi connectivity index (χ3v) is 5.69. The van der Waals surface area contributed by atoms with Gasteiger partial charge in [0.05, 0.1) is 14.2 Å². The molecule has 0 aromatic heterocycles. The fourth-order valence-corrected chi connectivity index (χ4v) is 3.95. The summed E-state index contributed by atoms with van der Waals surface area (Å²) >= 11 is 0. The van der Waals surface area contributed by atoms with Gasteiger partial charge in [-0.1, -0.05) is 6.42 Å². The minimum absolute atomic E-state index is 0.214. The summed E-state index contributed by atoms with van der Waals surface area (Å²) in [7, 11) is 3.21. The number of nitrogens with one attached hydrogen (secondary N) is 4. The highest BCUT2D eigenvalue weighted by Crippen LogP contribution is 2.28. The number of benzene rings is 2. The van der Waals surface area contributed by atoms with Gasteiger partial charge in [0.15, 0.2) is 0 Å². The Labute approximate surface area is 189 Å². The number of ether oxygens (including phenoxy) is 2. The van der Waals surface area contributed by atoms with Crippen LogP contribution in [0.5, 0.6) is 11.5 Å². The summed E-state index contributed by atoms with van der Waals surface area (Å²) in [5, 5.41) is 11.6. The van der Waals surface area contributed by atoms with Gasteiger partial charge in [-0.05, 0) is 79.6 Å². The lowest BCUT2D eigenvalue weighted by atomic mass is 9.81. The van der Waals surface area contributed by atoms with E-state index in [0.29, 0.717) is 24.9 Å².